The maximum atomic E-state index is 9.45. The van der Waals surface area contributed by atoms with Crippen LogP contribution in [0.25, 0.3) is 0 Å². The third kappa shape index (κ3) is 2.80. The van der Waals surface area contributed by atoms with E-state index in [1.54, 1.807) is 0 Å². The number of morpholine rings is 1. The Morgan fingerprint density at radius 1 is 1.21 bits per heavy atom. The van der Waals surface area contributed by atoms with Crippen molar-refractivity contribution in [3.63, 3.8) is 0 Å². The zero-order valence-corrected chi connectivity index (χ0v) is 11.3. The van der Waals surface area contributed by atoms with Gasteiger partial charge < -0.3 is 4.74 Å². The summed E-state index contributed by atoms with van der Waals surface area (Å²) in [5.74, 6) is -0.0102. The van der Waals surface area contributed by atoms with Gasteiger partial charge >= 0.3 is 0 Å². The van der Waals surface area contributed by atoms with Crippen LogP contribution < -0.4 is 0 Å². The lowest BCUT2D eigenvalue weighted by molar-refractivity contribution is 0.0370. The van der Waals surface area contributed by atoms with Crippen LogP contribution in [-0.4, -0.2) is 37.7 Å². The average Bonchev–Trinajstić information content (AvgIpc) is 2.93. The number of fused-ring (bicyclic) bond motifs is 1. The van der Waals surface area contributed by atoms with Crippen LogP contribution >= 0.6 is 0 Å². The molecule has 19 heavy (non-hydrogen) atoms. The summed E-state index contributed by atoms with van der Waals surface area (Å²) >= 11 is 0. The minimum Gasteiger partial charge on any atom is -0.379 e. The predicted molar refractivity (Wildman–Crippen MR) is 74.1 cm³/mol. The summed E-state index contributed by atoms with van der Waals surface area (Å²) in [6.07, 6.45) is 3.65. The van der Waals surface area contributed by atoms with Gasteiger partial charge in [-0.25, -0.2) is 0 Å². The molecule has 0 spiro atoms. The SMILES string of the molecule is N#CC(CN1CCOCC1)c1ccc2c(c1)CCC2. The molecule has 1 aliphatic heterocycles. The second kappa shape index (κ2) is 5.73. The molecule has 2 aliphatic rings. The van der Waals surface area contributed by atoms with E-state index in [4.69, 9.17) is 4.74 Å². The molecule has 1 aromatic carbocycles. The highest BCUT2D eigenvalue weighted by Gasteiger charge is 2.20. The summed E-state index contributed by atoms with van der Waals surface area (Å²) in [6.45, 7) is 4.32. The van der Waals surface area contributed by atoms with E-state index in [2.05, 4.69) is 29.2 Å². The van der Waals surface area contributed by atoms with Crippen LogP contribution in [0.1, 0.15) is 29.0 Å². The van der Waals surface area contributed by atoms with E-state index in [-0.39, 0.29) is 5.92 Å². The van der Waals surface area contributed by atoms with Crippen molar-refractivity contribution in [3.8, 4) is 6.07 Å². The van der Waals surface area contributed by atoms with Crippen molar-refractivity contribution in [1.29, 1.82) is 5.26 Å². The number of ether oxygens (including phenoxy) is 1. The van der Waals surface area contributed by atoms with E-state index in [1.807, 2.05) is 0 Å². The Hall–Kier alpha value is -1.37. The first-order chi connectivity index (χ1) is 9.36. The lowest BCUT2D eigenvalue weighted by atomic mass is 9.96. The van der Waals surface area contributed by atoms with Gasteiger partial charge in [-0.15, -0.1) is 0 Å². The summed E-state index contributed by atoms with van der Waals surface area (Å²) in [7, 11) is 0. The van der Waals surface area contributed by atoms with Gasteiger partial charge in [-0.05, 0) is 36.0 Å². The molecule has 1 fully saturated rings. The van der Waals surface area contributed by atoms with Crippen molar-refractivity contribution >= 4 is 0 Å². The van der Waals surface area contributed by atoms with Gasteiger partial charge in [0.25, 0.3) is 0 Å². The monoisotopic (exact) mass is 256 g/mol. The van der Waals surface area contributed by atoms with Crippen molar-refractivity contribution in [2.45, 2.75) is 25.2 Å². The molecule has 0 N–H and O–H groups in total. The Kier molecular flexibility index (Phi) is 3.82. The number of nitrogens with zero attached hydrogens (tertiary/aromatic N) is 2. The fraction of sp³-hybridized carbons (Fsp3) is 0.562. The molecule has 0 bridgehead atoms. The number of rotatable bonds is 3. The van der Waals surface area contributed by atoms with Crippen LogP contribution in [0, 0.1) is 11.3 Å². The Labute approximate surface area is 114 Å². The molecule has 1 heterocycles. The molecule has 1 aliphatic carbocycles. The van der Waals surface area contributed by atoms with Gasteiger partial charge in [0.15, 0.2) is 0 Å². The van der Waals surface area contributed by atoms with E-state index in [0.717, 1.165) is 32.8 Å². The molecule has 1 unspecified atom stereocenters. The second-order valence-electron chi connectivity index (χ2n) is 5.48. The number of nitriles is 1. The molecule has 0 saturated carbocycles. The summed E-state index contributed by atoms with van der Waals surface area (Å²) in [6, 6.07) is 9.11. The lowest BCUT2D eigenvalue weighted by Crippen LogP contribution is -2.38. The topological polar surface area (TPSA) is 36.3 Å². The fourth-order valence-electron chi connectivity index (χ4n) is 3.07. The smallest absolute Gasteiger partial charge is 0.0839 e. The Morgan fingerprint density at radius 2 is 2.00 bits per heavy atom. The predicted octanol–water partition coefficient (Wildman–Crippen LogP) is 2.11. The van der Waals surface area contributed by atoms with Crippen LogP contribution in [0.5, 0.6) is 0 Å². The molecule has 100 valence electrons. The summed E-state index contributed by atoms with van der Waals surface area (Å²) in [5, 5.41) is 9.45. The largest absolute Gasteiger partial charge is 0.379 e. The van der Waals surface area contributed by atoms with Gasteiger partial charge in [0.2, 0.25) is 0 Å². The van der Waals surface area contributed by atoms with Gasteiger partial charge in [0, 0.05) is 19.6 Å². The minimum atomic E-state index is -0.0102. The molecule has 1 aromatic rings. The van der Waals surface area contributed by atoms with Crippen molar-refractivity contribution in [2.24, 2.45) is 0 Å². The van der Waals surface area contributed by atoms with E-state index < -0.39 is 0 Å². The first kappa shape index (κ1) is 12.7. The van der Waals surface area contributed by atoms with Crippen molar-refractivity contribution in [2.75, 3.05) is 32.8 Å². The second-order valence-corrected chi connectivity index (χ2v) is 5.48. The van der Waals surface area contributed by atoms with Crippen LogP contribution in [-0.2, 0) is 17.6 Å². The van der Waals surface area contributed by atoms with Gasteiger partial charge in [-0.3, -0.25) is 4.90 Å². The Bertz CT molecular complexity index is 486. The molecule has 0 radical (unpaired) electrons. The number of aryl methyl sites for hydroxylation is 2. The molecule has 3 rings (SSSR count). The quantitative estimate of drug-likeness (QED) is 0.831. The lowest BCUT2D eigenvalue weighted by Gasteiger charge is -2.28. The fourth-order valence-corrected chi connectivity index (χ4v) is 3.07. The summed E-state index contributed by atoms with van der Waals surface area (Å²) < 4.78 is 5.36. The standard InChI is InChI=1S/C16H20N2O/c17-11-16(12-18-6-8-19-9-7-18)15-5-4-13-2-1-3-14(13)10-15/h4-5,10,16H,1-3,6-9,12H2. The third-order valence-electron chi connectivity index (χ3n) is 4.23. The van der Waals surface area contributed by atoms with Crippen molar-refractivity contribution in [3.05, 3.63) is 34.9 Å². The minimum absolute atomic E-state index is 0.0102. The Morgan fingerprint density at radius 3 is 2.79 bits per heavy atom. The highest BCUT2D eigenvalue weighted by Crippen LogP contribution is 2.26. The van der Waals surface area contributed by atoms with Gasteiger partial charge in [-0.2, -0.15) is 5.26 Å². The molecule has 1 saturated heterocycles. The Balaban J connectivity index is 1.73. The van der Waals surface area contributed by atoms with E-state index >= 15 is 0 Å². The molecule has 1 atom stereocenters. The summed E-state index contributed by atoms with van der Waals surface area (Å²) in [4.78, 5) is 2.34. The normalized spacial score (nSPS) is 20.8. The van der Waals surface area contributed by atoms with Crippen LogP contribution in [0.2, 0.25) is 0 Å². The zero-order valence-electron chi connectivity index (χ0n) is 11.3. The van der Waals surface area contributed by atoms with Crippen LogP contribution in [0.4, 0.5) is 0 Å². The van der Waals surface area contributed by atoms with Gasteiger partial charge in [-0.1, -0.05) is 18.2 Å². The van der Waals surface area contributed by atoms with Gasteiger partial charge in [0.1, 0.15) is 0 Å². The number of hydrogen-bond donors (Lipinski definition) is 0. The molecule has 3 nitrogen and oxygen atoms in total. The number of benzene rings is 1. The summed E-state index contributed by atoms with van der Waals surface area (Å²) in [5.41, 5.74) is 4.13. The zero-order chi connectivity index (χ0) is 13.1. The van der Waals surface area contributed by atoms with E-state index in [1.165, 1.54) is 36.0 Å². The third-order valence-corrected chi connectivity index (χ3v) is 4.23. The van der Waals surface area contributed by atoms with E-state index in [0.29, 0.717) is 0 Å². The highest BCUT2D eigenvalue weighted by atomic mass is 16.5. The van der Waals surface area contributed by atoms with E-state index in [9.17, 15) is 5.26 Å². The average molecular weight is 256 g/mol. The molecule has 0 amide bonds. The maximum Gasteiger partial charge on any atom is 0.0839 e. The first-order valence-electron chi connectivity index (χ1n) is 7.18. The van der Waals surface area contributed by atoms with Crippen LogP contribution in [0.15, 0.2) is 18.2 Å². The molecular formula is C16H20N2O. The van der Waals surface area contributed by atoms with Crippen LogP contribution in [0.3, 0.4) is 0 Å². The van der Waals surface area contributed by atoms with Gasteiger partial charge in [0.05, 0.1) is 25.2 Å². The molecule has 0 aromatic heterocycles. The highest BCUT2D eigenvalue weighted by molar-refractivity contribution is 5.38. The molecule has 3 heteroatoms. The first-order valence-corrected chi connectivity index (χ1v) is 7.18. The van der Waals surface area contributed by atoms with Crippen molar-refractivity contribution in [1.82, 2.24) is 4.90 Å². The molecular weight excluding hydrogens is 236 g/mol. The van der Waals surface area contributed by atoms with Crippen molar-refractivity contribution < 1.29 is 4.74 Å². The number of hydrogen-bond acceptors (Lipinski definition) is 3. The maximum absolute atomic E-state index is 9.45.